The van der Waals surface area contributed by atoms with Crippen LogP contribution < -0.4 is 9.47 Å². The number of esters is 1. The topological polar surface area (TPSA) is 113 Å². The van der Waals surface area contributed by atoms with Gasteiger partial charge in [0.05, 0.1) is 32.6 Å². The minimum Gasteiger partial charge on any atom is -0.497 e. The van der Waals surface area contributed by atoms with Gasteiger partial charge < -0.3 is 18.6 Å². The molecule has 4 aromatic rings. The number of methoxy groups -OCH3 is 1. The number of nitrogens with one attached hydrogen (secondary N) is 1. The number of rotatable bonds is 12. The number of carbonyl (C=O) groups is 1. The third kappa shape index (κ3) is 7.70. The number of aromatic amines is 1. The van der Waals surface area contributed by atoms with E-state index in [-0.39, 0.29) is 23.4 Å². The molecule has 246 valence electrons. The molecule has 5 rings (SSSR count). The number of carbonyl (C=O) groups excluding carboxylic acids is 1. The molecule has 1 saturated carbocycles. The van der Waals surface area contributed by atoms with Crippen molar-refractivity contribution >= 4 is 14.3 Å². The van der Waals surface area contributed by atoms with Gasteiger partial charge in [-0.1, -0.05) is 56.3 Å². The highest BCUT2D eigenvalue weighted by Crippen LogP contribution is 2.40. The van der Waals surface area contributed by atoms with Gasteiger partial charge in [0.2, 0.25) is 11.6 Å². The van der Waals surface area contributed by atoms with Crippen molar-refractivity contribution in [3.05, 3.63) is 77.1 Å². The van der Waals surface area contributed by atoms with Crippen LogP contribution in [0.5, 0.6) is 11.6 Å². The second-order valence-electron chi connectivity index (χ2n) is 13.5. The molecule has 1 fully saturated rings. The van der Waals surface area contributed by atoms with Gasteiger partial charge in [0.1, 0.15) is 11.9 Å². The summed E-state index contributed by atoms with van der Waals surface area (Å²) in [5.74, 6) is 0.992. The zero-order valence-electron chi connectivity index (χ0n) is 28.1. The second kappa shape index (κ2) is 14.2. The van der Waals surface area contributed by atoms with Crippen molar-refractivity contribution in [2.45, 2.75) is 96.7 Å². The van der Waals surface area contributed by atoms with Gasteiger partial charge in [-0.05, 0) is 91.5 Å². The third-order valence-electron chi connectivity index (χ3n) is 9.39. The minimum absolute atomic E-state index is 0.0665. The smallest absolute Gasteiger partial charge is 0.364 e. The van der Waals surface area contributed by atoms with E-state index in [9.17, 15) is 4.79 Å². The Hall–Kier alpha value is -3.96. The van der Waals surface area contributed by atoms with Crippen molar-refractivity contribution in [1.82, 2.24) is 25.2 Å². The Bertz CT molecular complexity index is 1590. The Labute approximate surface area is 272 Å². The van der Waals surface area contributed by atoms with Crippen molar-refractivity contribution < 1.29 is 23.4 Å². The zero-order valence-corrected chi connectivity index (χ0v) is 29.1. The highest BCUT2D eigenvalue weighted by Gasteiger charge is 2.37. The lowest BCUT2D eigenvalue weighted by molar-refractivity contribution is 0.0507. The summed E-state index contributed by atoms with van der Waals surface area (Å²) >= 11 is 0. The van der Waals surface area contributed by atoms with Gasteiger partial charge in [-0.3, -0.25) is 5.10 Å². The summed E-state index contributed by atoms with van der Waals surface area (Å²) < 4.78 is 25.4. The highest BCUT2D eigenvalue weighted by atomic mass is 28.4. The molecule has 1 aliphatic carbocycles. The van der Waals surface area contributed by atoms with Crippen LogP contribution in [0.4, 0.5) is 0 Å². The van der Waals surface area contributed by atoms with Crippen LogP contribution in [0.15, 0.2) is 54.7 Å². The van der Waals surface area contributed by atoms with E-state index >= 15 is 0 Å². The van der Waals surface area contributed by atoms with Gasteiger partial charge in [-0.25, -0.2) is 9.48 Å². The molecule has 11 heteroatoms. The van der Waals surface area contributed by atoms with Gasteiger partial charge in [0.25, 0.3) is 0 Å². The summed E-state index contributed by atoms with van der Waals surface area (Å²) in [6, 6.07) is 16.5. The molecule has 2 heterocycles. The van der Waals surface area contributed by atoms with E-state index in [2.05, 4.69) is 72.6 Å². The average Bonchev–Trinajstić information content (AvgIpc) is 3.71. The summed E-state index contributed by atoms with van der Waals surface area (Å²) in [5, 5.41) is 15.9. The van der Waals surface area contributed by atoms with E-state index < -0.39 is 14.3 Å². The Kier molecular flexibility index (Phi) is 10.3. The maximum atomic E-state index is 12.8. The summed E-state index contributed by atoms with van der Waals surface area (Å²) in [6.07, 6.45) is 5.34. The van der Waals surface area contributed by atoms with Crippen LogP contribution in [0.1, 0.15) is 86.5 Å². The first-order valence-electron chi connectivity index (χ1n) is 16.2. The maximum absolute atomic E-state index is 12.8. The van der Waals surface area contributed by atoms with Gasteiger partial charge >= 0.3 is 5.97 Å². The molecule has 0 atom stereocenters. The number of hydrogen-bond donors (Lipinski definition) is 1. The molecule has 46 heavy (non-hydrogen) atoms. The molecule has 1 aliphatic rings. The monoisotopic (exact) mass is 645 g/mol. The van der Waals surface area contributed by atoms with Crippen LogP contribution in [0.2, 0.25) is 18.1 Å². The van der Waals surface area contributed by atoms with Crippen molar-refractivity contribution in [2.75, 3.05) is 13.7 Å². The molecular weight excluding hydrogens is 599 g/mol. The first-order valence-corrected chi connectivity index (χ1v) is 19.1. The largest absolute Gasteiger partial charge is 0.497 e. The molecule has 1 N–H and O–H groups in total. The lowest BCUT2D eigenvalue weighted by Crippen LogP contribution is -2.40. The normalized spacial score (nSPS) is 17.1. The zero-order chi connectivity index (χ0) is 32.9. The van der Waals surface area contributed by atoms with E-state index in [1.165, 1.54) is 11.1 Å². The Balaban J connectivity index is 1.31. The molecule has 0 unspecified atom stereocenters. The Morgan fingerprint density at radius 3 is 2.41 bits per heavy atom. The van der Waals surface area contributed by atoms with Crippen LogP contribution >= 0.6 is 0 Å². The standard InChI is InChI=1S/C35H47N5O5Si/c1-8-43-34(41)32-33(40(39-38-32)22-24-9-14-28(42-5)15-10-24)45-29-16-11-25(12-17-29)26-13-18-30(31-19-20-36-37-31)27(21-26)23-44-46(6,7)35(2,3)4/h9-10,13-15,18-21,25,29H,8,11-12,16-17,22-23H2,1-7H3,(H,36,37)/t25-,29+. The van der Waals surface area contributed by atoms with E-state index in [1.807, 2.05) is 30.3 Å². The molecular formula is C35H47N5O5Si. The number of ether oxygens (including phenoxy) is 3. The Morgan fingerprint density at radius 2 is 1.78 bits per heavy atom. The number of nitrogens with zero attached hydrogens (tertiary/aromatic N) is 4. The van der Waals surface area contributed by atoms with Crippen molar-refractivity contribution in [2.24, 2.45) is 0 Å². The van der Waals surface area contributed by atoms with Crippen molar-refractivity contribution in [3.63, 3.8) is 0 Å². The average molecular weight is 646 g/mol. The van der Waals surface area contributed by atoms with Gasteiger partial charge in [0, 0.05) is 11.8 Å². The minimum atomic E-state index is -1.94. The van der Waals surface area contributed by atoms with Crippen LogP contribution in [-0.2, 0) is 22.3 Å². The fraction of sp³-hybridized carbons (Fsp3) is 0.486. The number of aromatic nitrogens is 5. The fourth-order valence-electron chi connectivity index (χ4n) is 5.56. The molecule has 0 aliphatic heterocycles. The van der Waals surface area contributed by atoms with Crippen LogP contribution in [0.3, 0.4) is 0 Å². The number of H-pyrrole nitrogens is 1. The van der Waals surface area contributed by atoms with E-state index in [0.717, 1.165) is 48.3 Å². The van der Waals surface area contributed by atoms with E-state index in [0.29, 0.717) is 24.9 Å². The number of benzene rings is 2. The van der Waals surface area contributed by atoms with Crippen LogP contribution in [0.25, 0.3) is 11.3 Å². The summed E-state index contributed by atoms with van der Waals surface area (Å²) in [6.45, 7) is 14.4. The predicted molar refractivity (Wildman–Crippen MR) is 180 cm³/mol. The molecule has 2 aromatic carbocycles. The third-order valence-corrected chi connectivity index (χ3v) is 13.9. The lowest BCUT2D eigenvalue weighted by atomic mass is 9.81. The molecule has 2 aromatic heterocycles. The van der Waals surface area contributed by atoms with E-state index in [1.54, 1.807) is 24.9 Å². The summed E-state index contributed by atoms with van der Waals surface area (Å²) in [4.78, 5) is 12.8. The number of hydrogen-bond acceptors (Lipinski definition) is 8. The Morgan fingerprint density at radius 1 is 1.04 bits per heavy atom. The van der Waals surface area contributed by atoms with Gasteiger partial charge in [-0.15, -0.1) is 5.10 Å². The molecule has 10 nitrogen and oxygen atoms in total. The van der Waals surface area contributed by atoms with Crippen molar-refractivity contribution in [3.8, 4) is 22.9 Å². The highest BCUT2D eigenvalue weighted by molar-refractivity contribution is 6.74. The summed E-state index contributed by atoms with van der Waals surface area (Å²) in [7, 11) is -0.301. The molecule has 0 bridgehead atoms. The quantitative estimate of drug-likeness (QED) is 0.124. The van der Waals surface area contributed by atoms with Crippen LogP contribution in [-0.4, -0.2) is 59.3 Å². The fourth-order valence-corrected chi connectivity index (χ4v) is 6.51. The van der Waals surface area contributed by atoms with Gasteiger partial charge in [0.15, 0.2) is 8.32 Å². The second-order valence-corrected chi connectivity index (χ2v) is 18.3. The van der Waals surface area contributed by atoms with Crippen LogP contribution in [0, 0.1) is 0 Å². The first kappa shape index (κ1) is 33.4. The van der Waals surface area contributed by atoms with Gasteiger partial charge in [-0.2, -0.15) is 5.10 Å². The molecule has 0 saturated heterocycles. The lowest BCUT2D eigenvalue weighted by Gasteiger charge is -2.36. The predicted octanol–water partition coefficient (Wildman–Crippen LogP) is 7.53. The molecule has 0 radical (unpaired) electrons. The SMILES string of the molecule is CCOC(=O)c1nnn(Cc2ccc(OC)cc2)c1O[C@H]1CC[C@@H](c2ccc(-c3ccn[nH]3)c(CO[Si](C)(C)C(C)(C)C)c2)CC1. The first-order chi connectivity index (χ1) is 22.0. The summed E-state index contributed by atoms with van der Waals surface area (Å²) in [5.41, 5.74) is 5.71. The van der Waals surface area contributed by atoms with E-state index in [4.69, 9.17) is 18.6 Å². The maximum Gasteiger partial charge on any atom is 0.364 e. The molecule has 0 amide bonds. The molecule has 0 spiro atoms. The van der Waals surface area contributed by atoms with Crippen molar-refractivity contribution in [1.29, 1.82) is 0 Å².